The SMILES string of the molecule is Cc1cc2ccccc2n1S(=O)(=O)c1c(C(C)C)cc(C(C)C)cc1C(C)C. The quantitative estimate of drug-likeness (QED) is 0.489. The molecule has 0 aliphatic rings. The molecule has 3 rings (SSSR count). The molecule has 1 heterocycles. The Balaban J connectivity index is 2.43. The summed E-state index contributed by atoms with van der Waals surface area (Å²) < 4.78 is 29.6. The van der Waals surface area contributed by atoms with E-state index in [1.165, 1.54) is 9.54 Å². The van der Waals surface area contributed by atoms with Crippen LogP contribution in [0.2, 0.25) is 0 Å². The summed E-state index contributed by atoms with van der Waals surface area (Å²) in [4.78, 5) is 0.478. The molecule has 0 radical (unpaired) electrons. The number of fused-ring (bicyclic) bond motifs is 1. The third kappa shape index (κ3) is 3.39. The second-order valence-corrected chi connectivity index (χ2v) is 10.3. The van der Waals surface area contributed by atoms with Gasteiger partial charge in [0.25, 0.3) is 10.0 Å². The molecule has 0 unspecified atom stereocenters. The van der Waals surface area contributed by atoms with Crippen LogP contribution in [0, 0.1) is 6.92 Å². The van der Waals surface area contributed by atoms with E-state index in [2.05, 4.69) is 53.7 Å². The van der Waals surface area contributed by atoms with Gasteiger partial charge in [-0.2, -0.15) is 0 Å². The Morgan fingerprint density at radius 1 is 0.786 bits per heavy atom. The predicted octanol–water partition coefficient (Wildman–Crippen LogP) is 6.56. The maximum Gasteiger partial charge on any atom is 0.268 e. The Bertz CT molecular complexity index is 1090. The van der Waals surface area contributed by atoms with Crippen molar-refractivity contribution in [3.63, 3.8) is 0 Å². The van der Waals surface area contributed by atoms with Crippen molar-refractivity contribution in [3.8, 4) is 0 Å². The van der Waals surface area contributed by atoms with Crippen molar-refractivity contribution < 1.29 is 8.42 Å². The van der Waals surface area contributed by atoms with E-state index >= 15 is 0 Å². The van der Waals surface area contributed by atoms with E-state index in [4.69, 9.17) is 0 Å². The van der Waals surface area contributed by atoms with Gasteiger partial charge in [0.05, 0.1) is 10.4 Å². The number of benzene rings is 2. The Hall–Kier alpha value is -2.07. The Labute approximate surface area is 169 Å². The van der Waals surface area contributed by atoms with Gasteiger partial charge in [0.1, 0.15) is 0 Å². The summed E-state index contributed by atoms with van der Waals surface area (Å²) in [6.45, 7) is 14.5. The number of hydrogen-bond acceptors (Lipinski definition) is 2. The molecule has 0 amide bonds. The molecule has 0 bridgehead atoms. The van der Waals surface area contributed by atoms with E-state index in [1.54, 1.807) is 0 Å². The van der Waals surface area contributed by atoms with Crippen LogP contribution in [-0.4, -0.2) is 12.4 Å². The minimum atomic E-state index is -3.73. The van der Waals surface area contributed by atoms with Crippen molar-refractivity contribution in [2.75, 3.05) is 0 Å². The number of hydrogen-bond donors (Lipinski definition) is 0. The molecule has 0 fully saturated rings. The maximum absolute atomic E-state index is 14.0. The standard InChI is InChI=1S/C24H31NO2S/c1-15(2)20-13-21(16(3)4)24(22(14-20)17(5)6)28(26,27)25-18(7)12-19-10-8-9-11-23(19)25/h8-17H,1-7H3. The van der Waals surface area contributed by atoms with Gasteiger partial charge < -0.3 is 0 Å². The van der Waals surface area contributed by atoms with E-state index in [9.17, 15) is 8.42 Å². The molecule has 2 aromatic carbocycles. The van der Waals surface area contributed by atoms with E-state index in [-0.39, 0.29) is 11.8 Å². The third-order valence-corrected chi connectivity index (χ3v) is 7.37. The molecule has 0 saturated heterocycles. The molecule has 3 nitrogen and oxygen atoms in total. The van der Waals surface area contributed by atoms with Crippen molar-refractivity contribution >= 4 is 20.9 Å². The predicted molar refractivity (Wildman–Crippen MR) is 118 cm³/mol. The van der Waals surface area contributed by atoms with Crippen LogP contribution in [0.4, 0.5) is 0 Å². The van der Waals surface area contributed by atoms with Crippen LogP contribution in [0.1, 0.15) is 81.7 Å². The van der Waals surface area contributed by atoms with Crippen LogP contribution in [-0.2, 0) is 10.0 Å². The normalized spacial score (nSPS) is 12.6. The van der Waals surface area contributed by atoms with Gasteiger partial charge >= 0.3 is 0 Å². The molecule has 0 aliphatic carbocycles. The first kappa shape index (κ1) is 20.7. The summed E-state index contributed by atoms with van der Waals surface area (Å²) in [7, 11) is -3.73. The van der Waals surface area contributed by atoms with Gasteiger partial charge in [0, 0.05) is 11.1 Å². The molecule has 0 atom stereocenters. The molecule has 150 valence electrons. The lowest BCUT2D eigenvalue weighted by atomic mass is 9.89. The smallest absolute Gasteiger partial charge is 0.238 e. The summed E-state index contributed by atoms with van der Waals surface area (Å²) in [6, 6.07) is 13.8. The molecule has 0 N–H and O–H groups in total. The lowest BCUT2D eigenvalue weighted by Gasteiger charge is -2.23. The Morgan fingerprint density at radius 2 is 1.32 bits per heavy atom. The molecule has 28 heavy (non-hydrogen) atoms. The summed E-state index contributed by atoms with van der Waals surface area (Å²) in [5.74, 6) is 0.576. The molecule has 1 aromatic heterocycles. The second kappa shape index (κ2) is 7.40. The van der Waals surface area contributed by atoms with Crippen molar-refractivity contribution in [1.82, 2.24) is 3.97 Å². The van der Waals surface area contributed by atoms with Gasteiger partial charge in [-0.25, -0.2) is 12.4 Å². The maximum atomic E-state index is 14.0. The monoisotopic (exact) mass is 397 g/mol. The zero-order valence-corrected chi connectivity index (χ0v) is 18.8. The number of nitrogens with zero attached hydrogens (tertiary/aromatic N) is 1. The topological polar surface area (TPSA) is 39.1 Å². The van der Waals surface area contributed by atoms with Crippen molar-refractivity contribution in [2.24, 2.45) is 0 Å². The summed E-state index contributed by atoms with van der Waals surface area (Å²) in [5, 5.41) is 0.944. The fraction of sp³-hybridized carbons (Fsp3) is 0.417. The Morgan fingerprint density at radius 3 is 1.82 bits per heavy atom. The first-order valence-corrected chi connectivity index (χ1v) is 11.5. The zero-order valence-electron chi connectivity index (χ0n) is 17.9. The molecular weight excluding hydrogens is 366 g/mol. The zero-order chi connectivity index (χ0) is 20.8. The van der Waals surface area contributed by atoms with Crippen LogP contribution in [0.25, 0.3) is 10.9 Å². The number of para-hydroxylation sites is 1. The van der Waals surface area contributed by atoms with E-state index in [0.29, 0.717) is 10.8 Å². The van der Waals surface area contributed by atoms with Gasteiger partial charge in [-0.3, -0.25) is 0 Å². The number of aryl methyl sites for hydroxylation is 1. The average Bonchev–Trinajstić information content (AvgIpc) is 2.96. The van der Waals surface area contributed by atoms with Crippen LogP contribution in [0.15, 0.2) is 47.4 Å². The minimum absolute atomic E-state index is 0.114. The first-order valence-electron chi connectivity index (χ1n) is 10.1. The molecule has 0 spiro atoms. The van der Waals surface area contributed by atoms with Gasteiger partial charge in [0.2, 0.25) is 0 Å². The van der Waals surface area contributed by atoms with Crippen LogP contribution in [0.5, 0.6) is 0 Å². The number of aromatic nitrogens is 1. The van der Waals surface area contributed by atoms with Crippen LogP contribution < -0.4 is 0 Å². The molecule has 0 saturated carbocycles. The number of rotatable bonds is 5. The van der Waals surface area contributed by atoms with Crippen molar-refractivity contribution in [3.05, 3.63) is 64.8 Å². The van der Waals surface area contributed by atoms with Gasteiger partial charge in [-0.1, -0.05) is 71.9 Å². The molecule has 3 aromatic rings. The third-order valence-electron chi connectivity index (χ3n) is 5.42. The summed E-state index contributed by atoms with van der Waals surface area (Å²) >= 11 is 0. The van der Waals surface area contributed by atoms with Gasteiger partial charge in [-0.15, -0.1) is 0 Å². The van der Waals surface area contributed by atoms with E-state index in [0.717, 1.165) is 27.7 Å². The fourth-order valence-electron chi connectivity index (χ4n) is 3.87. The van der Waals surface area contributed by atoms with E-state index in [1.807, 2.05) is 37.3 Å². The lowest BCUT2D eigenvalue weighted by Crippen LogP contribution is -2.20. The summed E-state index contributed by atoms with van der Waals surface area (Å²) in [5.41, 5.74) is 4.48. The van der Waals surface area contributed by atoms with Crippen LogP contribution in [0.3, 0.4) is 0 Å². The highest BCUT2D eigenvalue weighted by Crippen LogP contribution is 2.37. The van der Waals surface area contributed by atoms with E-state index < -0.39 is 10.0 Å². The van der Waals surface area contributed by atoms with Crippen LogP contribution >= 0.6 is 0 Å². The highest BCUT2D eigenvalue weighted by Gasteiger charge is 2.30. The molecule has 0 aliphatic heterocycles. The van der Waals surface area contributed by atoms with Crippen molar-refractivity contribution in [1.29, 1.82) is 0 Å². The largest absolute Gasteiger partial charge is 0.268 e. The molecular formula is C24H31NO2S. The van der Waals surface area contributed by atoms with Gasteiger partial charge in [-0.05, 0) is 53.5 Å². The average molecular weight is 398 g/mol. The van der Waals surface area contributed by atoms with Gasteiger partial charge in [0.15, 0.2) is 0 Å². The highest BCUT2D eigenvalue weighted by molar-refractivity contribution is 7.90. The first-order chi connectivity index (χ1) is 13.1. The van der Waals surface area contributed by atoms with Crippen molar-refractivity contribution in [2.45, 2.75) is 71.1 Å². The Kier molecular flexibility index (Phi) is 5.46. The minimum Gasteiger partial charge on any atom is -0.238 e. The second-order valence-electron chi connectivity index (χ2n) is 8.61. The lowest BCUT2D eigenvalue weighted by molar-refractivity contribution is 0.582. The fourth-order valence-corrected chi connectivity index (χ4v) is 6.09. The molecule has 4 heteroatoms. The summed E-state index contributed by atoms with van der Waals surface area (Å²) in [6.07, 6.45) is 0. The highest BCUT2D eigenvalue weighted by atomic mass is 32.2.